The fraction of sp³-hybridized carbons (Fsp3) is 0.917. The van der Waals surface area contributed by atoms with Crippen LogP contribution >= 0.6 is 0 Å². The third kappa shape index (κ3) is 7.31. The molecule has 0 aromatic carbocycles. The highest BCUT2D eigenvalue weighted by atomic mass is 16.6. The van der Waals surface area contributed by atoms with Gasteiger partial charge in [-0.1, -0.05) is 13.3 Å². The number of unbranched alkanes of at least 4 members (excludes halogenated alkanes) is 1. The standard InChI is InChI=1S/C12H24N2O3/c1-2-3-8-16-9-10-17-12(15)11-14-6-4-13-5-7-14/h13H,2-11H2,1H3. The second-order valence-corrected chi connectivity index (χ2v) is 4.21. The molecule has 5 nitrogen and oxygen atoms in total. The van der Waals surface area contributed by atoms with Gasteiger partial charge < -0.3 is 14.8 Å². The van der Waals surface area contributed by atoms with E-state index < -0.39 is 0 Å². The van der Waals surface area contributed by atoms with Crippen molar-refractivity contribution >= 4 is 5.97 Å². The maximum absolute atomic E-state index is 11.5. The first-order valence-electron chi connectivity index (χ1n) is 6.49. The smallest absolute Gasteiger partial charge is 0.320 e. The van der Waals surface area contributed by atoms with Crippen LogP contribution in [-0.2, 0) is 14.3 Å². The molecule has 1 aliphatic heterocycles. The first-order valence-corrected chi connectivity index (χ1v) is 6.49. The Bertz CT molecular complexity index is 206. The summed E-state index contributed by atoms with van der Waals surface area (Å²) < 4.78 is 10.4. The normalized spacial score (nSPS) is 17.0. The summed E-state index contributed by atoms with van der Waals surface area (Å²) in [4.78, 5) is 13.6. The summed E-state index contributed by atoms with van der Waals surface area (Å²) in [5.74, 6) is -0.147. The predicted octanol–water partition coefficient (Wildman–Crippen LogP) is 0.252. The number of hydrogen-bond acceptors (Lipinski definition) is 5. The van der Waals surface area contributed by atoms with Crippen LogP contribution in [0.3, 0.4) is 0 Å². The van der Waals surface area contributed by atoms with Gasteiger partial charge in [0.2, 0.25) is 0 Å². The Morgan fingerprint density at radius 3 is 2.71 bits per heavy atom. The highest BCUT2D eigenvalue weighted by Gasteiger charge is 2.13. The fourth-order valence-corrected chi connectivity index (χ4v) is 1.66. The second kappa shape index (κ2) is 9.39. The SMILES string of the molecule is CCCCOCCOC(=O)CN1CCNCC1. The number of esters is 1. The Morgan fingerprint density at radius 1 is 1.24 bits per heavy atom. The number of carbonyl (C=O) groups is 1. The van der Waals surface area contributed by atoms with Crippen molar-refractivity contribution < 1.29 is 14.3 Å². The molecule has 1 heterocycles. The molecular weight excluding hydrogens is 220 g/mol. The molecule has 0 aliphatic carbocycles. The van der Waals surface area contributed by atoms with Crippen LogP contribution in [-0.4, -0.2) is 63.4 Å². The van der Waals surface area contributed by atoms with Crippen LogP contribution in [0.15, 0.2) is 0 Å². The van der Waals surface area contributed by atoms with Gasteiger partial charge in [0.1, 0.15) is 6.61 Å². The van der Waals surface area contributed by atoms with Crippen LogP contribution in [0.25, 0.3) is 0 Å². The van der Waals surface area contributed by atoms with E-state index in [1.807, 2.05) is 0 Å². The Balaban J connectivity index is 1.93. The Morgan fingerprint density at radius 2 is 2.00 bits per heavy atom. The van der Waals surface area contributed by atoms with Crippen LogP contribution in [0.2, 0.25) is 0 Å². The average molecular weight is 244 g/mol. The van der Waals surface area contributed by atoms with E-state index in [2.05, 4.69) is 17.1 Å². The molecule has 17 heavy (non-hydrogen) atoms. The van der Waals surface area contributed by atoms with E-state index in [1.54, 1.807) is 0 Å². The van der Waals surface area contributed by atoms with Crippen LogP contribution in [0.1, 0.15) is 19.8 Å². The lowest BCUT2D eigenvalue weighted by Gasteiger charge is -2.25. The number of nitrogens with one attached hydrogen (secondary N) is 1. The molecule has 0 saturated carbocycles. The monoisotopic (exact) mass is 244 g/mol. The van der Waals surface area contributed by atoms with Crippen molar-refractivity contribution in [3.05, 3.63) is 0 Å². The highest BCUT2D eigenvalue weighted by Crippen LogP contribution is 1.93. The molecule has 1 fully saturated rings. The third-order valence-corrected chi connectivity index (χ3v) is 2.70. The zero-order chi connectivity index (χ0) is 12.3. The summed E-state index contributed by atoms with van der Waals surface area (Å²) in [7, 11) is 0. The molecule has 0 aromatic rings. The Kier molecular flexibility index (Phi) is 7.96. The molecule has 0 aromatic heterocycles. The molecule has 1 N–H and O–H groups in total. The minimum atomic E-state index is -0.147. The van der Waals surface area contributed by atoms with Gasteiger partial charge in [0, 0.05) is 32.8 Å². The molecule has 0 spiro atoms. The number of rotatable bonds is 8. The number of hydrogen-bond donors (Lipinski definition) is 1. The van der Waals surface area contributed by atoms with E-state index >= 15 is 0 Å². The van der Waals surface area contributed by atoms with Gasteiger partial charge in [-0.25, -0.2) is 0 Å². The summed E-state index contributed by atoms with van der Waals surface area (Å²) >= 11 is 0. The number of piperazine rings is 1. The summed E-state index contributed by atoms with van der Waals surface area (Å²) in [6.07, 6.45) is 2.19. The van der Waals surface area contributed by atoms with Crippen molar-refractivity contribution in [1.82, 2.24) is 10.2 Å². The van der Waals surface area contributed by atoms with E-state index in [9.17, 15) is 4.79 Å². The van der Waals surface area contributed by atoms with E-state index in [0.29, 0.717) is 19.8 Å². The molecule has 1 saturated heterocycles. The van der Waals surface area contributed by atoms with Crippen molar-refractivity contribution in [3.8, 4) is 0 Å². The van der Waals surface area contributed by atoms with E-state index in [4.69, 9.17) is 9.47 Å². The lowest BCUT2D eigenvalue weighted by molar-refractivity contribution is -0.146. The number of nitrogens with zero attached hydrogens (tertiary/aromatic N) is 1. The van der Waals surface area contributed by atoms with Gasteiger partial charge in [-0.2, -0.15) is 0 Å². The Hall–Kier alpha value is -0.650. The number of ether oxygens (including phenoxy) is 2. The zero-order valence-electron chi connectivity index (χ0n) is 10.7. The topological polar surface area (TPSA) is 50.8 Å². The maximum atomic E-state index is 11.5. The highest BCUT2D eigenvalue weighted by molar-refractivity contribution is 5.71. The van der Waals surface area contributed by atoms with Gasteiger partial charge in [-0.15, -0.1) is 0 Å². The summed E-state index contributed by atoms with van der Waals surface area (Å²) in [6, 6.07) is 0. The molecule has 1 rings (SSSR count). The minimum absolute atomic E-state index is 0.147. The first kappa shape index (κ1) is 14.4. The summed E-state index contributed by atoms with van der Waals surface area (Å²) in [5, 5.41) is 3.25. The summed E-state index contributed by atoms with van der Waals surface area (Å²) in [6.45, 7) is 7.90. The molecular formula is C12H24N2O3. The lowest BCUT2D eigenvalue weighted by Crippen LogP contribution is -2.45. The summed E-state index contributed by atoms with van der Waals surface area (Å²) in [5.41, 5.74) is 0. The molecule has 0 radical (unpaired) electrons. The van der Waals surface area contributed by atoms with Crippen molar-refractivity contribution in [2.45, 2.75) is 19.8 Å². The molecule has 1 aliphatic rings. The molecule has 0 bridgehead atoms. The largest absolute Gasteiger partial charge is 0.462 e. The molecule has 0 amide bonds. The zero-order valence-corrected chi connectivity index (χ0v) is 10.7. The van der Waals surface area contributed by atoms with Crippen molar-refractivity contribution in [1.29, 1.82) is 0 Å². The average Bonchev–Trinajstić information content (AvgIpc) is 2.35. The Labute approximate surface area is 103 Å². The van der Waals surface area contributed by atoms with E-state index in [0.717, 1.165) is 45.6 Å². The van der Waals surface area contributed by atoms with Crippen LogP contribution in [0.5, 0.6) is 0 Å². The van der Waals surface area contributed by atoms with Gasteiger partial charge in [0.15, 0.2) is 0 Å². The van der Waals surface area contributed by atoms with Crippen LogP contribution < -0.4 is 5.32 Å². The van der Waals surface area contributed by atoms with Crippen molar-refractivity contribution in [2.24, 2.45) is 0 Å². The van der Waals surface area contributed by atoms with E-state index in [1.165, 1.54) is 0 Å². The van der Waals surface area contributed by atoms with Crippen LogP contribution in [0.4, 0.5) is 0 Å². The third-order valence-electron chi connectivity index (χ3n) is 2.70. The second-order valence-electron chi connectivity index (χ2n) is 4.21. The molecule has 5 heteroatoms. The first-order chi connectivity index (χ1) is 8.33. The fourth-order valence-electron chi connectivity index (χ4n) is 1.66. The molecule has 0 unspecified atom stereocenters. The minimum Gasteiger partial charge on any atom is -0.462 e. The predicted molar refractivity (Wildman–Crippen MR) is 66.0 cm³/mol. The van der Waals surface area contributed by atoms with Gasteiger partial charge in [0.05, 0.1) is 13.2 Å². The van der Waals surface area contributed by atoms with Gasteiger partial charge >= 0.3 is 5.97 Å². The quantitative estimate of drug-likeness (QED) is 0.490. The van der Waals surface area contributed by atoms with E-state index in [-0.39, 0.29) is 5.97 Å². The van der Waals surface area contributed by atoms with Gasteiger partial charge in [-0.05, 0) is 6.42 Å². The van der Waals surface area contributed by atoms with Gasteiger partial charge in [0.25, 0.3) is 0 Å². The maximum Gasteiger partial charge on any atom is 0.320 e. The lowest BCUT2D eigenvalue weighted by atomic mass is 10.3. The van der Waals surface area contributed by atoms with Gasteiger partial charge in [-0.3, -0.25) is 9.69 Å². The van der Waals surface area contributed by atoms with Crippen LogP contribution in [0, 0.1) is 0 Å². The van der Waals surface area contributed by atoms with Crippen molar-refractivity contribution in [2.75, 3.05) is 52.5 Å². The number of carbonyl (C=O) groups excluding carboxylic acids is 1. The molecule has 0 atom stereocenters. The molecule has 100 valence electrons. The van der Waals surface area contributed by atoms with Crippen molar-refractivity contribution in [3.63, 3.8) is 0 Å².